The van der Waals surface area contributed by atoms with E-state index in [9.17, 15) is 9.18 Å². The minimum Gasteiger partial charge on any atom is -0.374 e. The second-order valence-corrected chi connectivity index (χ2v) is 6.50. The van der Waals surface area contributed by atoms with Gasteiger partial charge in [-0.3, -0.25) is 4.79 Å². The minimum atomic E-state index is -0.360. The average Bonchev–Trinajstić information content (AvgIpc) is 3.10. The van der Waals surface area contributed by atoms with Crippen LogP contribution in [0.5, 0.6) is 0 Å². The van der Waals surface area contributed by atoms with Crippen molar-refractivity contribution in [1.29, 1.82) is 0 Å². The standard InChI is InChI=1S/C17H20FN5O2/c18-13-5-3-4-12(10-13)17-19-21-23(20-17)11-16(24)22-8-9-25-15-7-2-1-6-14(15)22/h3-5,10,14-15H,1-2,6-9,11H2/t14-,15+/m1/s1. The molecule has 8 heteroatoms. The normalized spacial score (nSPS) is 23.3. The van der Waals surface area contributed by atoms with Crippen molar-refractivity contribution in [3.05, 3.63) is 30.1 Å². The van der Waals surface area contributed by atoms with E-state index in [1.54, 1.807) is 12.1 Å². The summed E-state index contributed by atoms with van der Waals surface area (Å²) in [6.45, 7) is 1.21. The van der Waals surface area contributed by atoms with Crippen LogP contribution in [-0.2, 0) is 16.1 Å². The average molecular weight is 345 g/mol. The molecule has 1 saturated carbocycles. The summed E-state index contributed by atoms with van der Waals surface area (Å²) in [6, 6.07) is 6.16. The van der Waals surface area contributed by atoms with Gasteiger partial charge in [0.25, 0.3) is 0 Å². The molecule has 2 atom stereocenters. The number of carbonyl (C=O) groups excluding carboxylic acids is 1. The summed E-state index contributed by atoms with van der Waals surface area (Å²) < 4.78 is 19.1. The van der Waals surface area contributed by atoms with Gasteiger partial charge in [-0.05, 0) is 30.2 Å². The Hall–Kier alpha value is -2.35. The van der Waals surface area contributed by atoms with Crippen molar-refractivity contribution in [2.45, 2.75) is 44.4 Å². The number of benzene rings is 1. The van der Waals surface area contributed by atoms with Crippen LogP contribution in [0.1, 0.15) is 25.7 Å². The van der Waals surface area contributed by atoms with Gasteiger partial charge in [0.15, 0.2) is 0 Å². The van der Waals surface area contributed by atoms with E-state index in [4.69, 9.17) is 4.74 Å². The minimum absolute atomic E-state index is 0.0246. The van der Waals surface area contributed by atoms with Gasteiger partial charge in [0, 0.05) is 12.1 Å². The molecular weight excluding hydrogens is 325 g/mol. The van der Waals surface area contributed by atoms with Gasteiger partial charge < -0.3 is 9.64 Å². The van der Waals surface area contributed by atoms with E-state index in [0.717, 1.165) is 25.7 Å². The van der Waals surface area contributed by atoms with Crippen LogP contribution in [0.2, 0.25) is 0 Å². The first-order valence-corrected chi connectivity index (χ1v) is 8.65. The summed E-state index contributed by atoms with van der Waals surface area (Å²) >= 11 is 0. The Kier molecular flexibility index (Phi) is 4.44. The Morgan fingerprint density at radius 2 is 2.20 bits per heavy atom. The van der Waals surface area contributed by atoms with E-state index in [1.807, 2.05) is 4.90 Å². The highest BCUT2D eigenvalue weighted by molar-refractivity contribution is 5.76. The lowest BCUT2D eigenvalue weighted by Gasteiger charge is -2.43. The van der Waals surface area contributed by atoms with Gasteiger partial charge in [0.2, 0.25) is 11.7 Å². The number of tetrazole rings is 1. The number of carbonyl (C=O) groups is 1. The molecule has 0 spiro atoms. The zero-order valence-corrected chi connectivity index (χ0v) is 13.8. The highest BCUT2D eigenvalue weighted by Gasteiger charge is 2.36. The predicted molar refractivity (Wildman–Crippen MR) is 86.9 cm³/mol. The first kappa shape index (κ1) is 16.1. The quantitative estimate of drug-likeness (QED) is 0.846. The fourth-order valence-electron chi connectivity index (χ4n) is 3.67. The van der Waals surface area contributed by atoms with Crippen molar-refractivity contribution < 1.29 is 13.9 Å². The molecule has 1 aliphatic heterocycles. The maximum absolute atomic E-state index is 13.3. The molecule has 1 aliphatic carbocycles. The van der Waals surface area contributed by atoms with Crippen LogP contribution >= 0.6 is 0 Å². The van der Waals surface area contributed by atoms with Gasteiger partial charge in [0.1, 0.15) is 12.4 Å². The lowest BCUT2D eigenvalue weighted by Crippen LogP contribution is -2.55. The van der Waals surface area contributed by atoms with Crippen LogP contribution in [0, 0.1) is 5.82 Å². The van der Waals surface area contributed by atoms with Crippen LogP contribution in [0.3, 0.4) is 0 Å². The number of ether oxygens (including phenoxy) is 1. The molecular formula is C17H20FN5O2. The third-order valence-corrected chi connectivity index (χ3v) is 4.86. The van der Waals surface area contributed by atoms with Crippen molar-refractivity contribution in [1.82, 2.24) is 25.1 Å². The van der Waals surface area contributed by atoms with Crippen molar-refractivity contribution in [2.75, 3.05) is 13.2 Å². The maximum Gasteiger partial charge on any atom is 0.246 e. The molecule has 1 amide bonds. The van der Waals surface area contributed by atoms with E-state index >= 15 is 0 Å². The summed E-state index contributed by atoms with van der Waals surface area (Å²) in [5, 5.41) is 12.1. The highest BCUT2D eigenvalue weighted by atomic mass is 19.1. The summed E-state index contributed by atoms with van der Waals surface area (Å²) in [4.78, 5) is 15.9. The SMILES string of the molecule is O=C(Cn1nnc(-c2cccc(F)c2)n1)N1CCO[C@H]2CCCC[C@H]21. The third-order valence-electron chi connectivity index (χ3n) is 4.86. The van der Waals surface area contributed by atoms with Gasteiger partial charge in [-0.2, -0.15) is 4.80 Å². The van der Waals surface area contributed by atoms with Gasteiger partial charge in [-0.15, -0.1) is 10.2 Å². The molecule has 2 fully saturated rings. The van der Waals surface area contributed by atoms with Crippen LogP contribution in [0.4, 0.5) is 4.39 Å². The molecule has 0 bridgehead atoms. The third kappa shape index (κ3) is 3.39. The maximum atomic E-state index is 13.3. The molecule has 2 aromatic rings. The Balaban J connectivity index is 1.46. The van der Waals surface area contributed by atoms with Gasteiger partial charge in [-0.25, -0.2) is 4.39 Å². The molecule has 0 unspecified atom stereocenters. The van der Waals surface area contributed by atoms with Crippen LogP contribution in [0.25, 0.3) is 11.4 Å². The van der Waals surface area contributed by atoms with Crippen molar-refractivity contribution in [2.24, 2.45) is 0 Å². The first-order valence-electron chi connectivity index (χ1n) is 8.65. The second-order valence-electron chi connectivity index (χ2n) is 6.50. The molecule has 1 saturated heterocycles. The van der Waals surface area contributed by atoms with Crippen molar-refractivity contribution in [3.8, 4) is 11.4 Å². The molecule has 2 heterocycles. The summed E-state index contributed by atoms with van der Waals surface area (Å²) in [5.41, 5.74) is 0.539. The monoisotopic (exact) mass is 345 g/mol. The van der Waals surface area contributed by atoms with E-state index in [2.05, 4.69) is 15.4 Å². The second kappa shape index (κ2) is 6.87. The number of rotatable bonds is 3. The molecule has 132 valence electrons. The smallest absolute Gasteiger partial charge is 0.246 e. The number of nitrogens with zero attached hydrogens (tertiary/aromatic N) is 5. The fraction of sp³-hybridized carbons (Fsp3) is 0.529. The number of morpholine rings is 1. The zero-order valence-electron chi connectivity index (χ0n) is 13.8. The molecule has 25 heavy (non-hydrogen) atoms. The number of hydrogen-bond acceptors (Lipinski definition) is 5. The lowest BCUT2D eigenvalue weighted by molar-refractivity contribution is -0.150. The molecule has 7 nitrogen and oxygen atoms in total. The van der Waals surface area contributed by atoms with Crippen LogP contribution in [0.15, 0.2) is 24.3 Å². The Labute approximate surface area is 144 Å². The molecule has 4 rings (SSSR count). The lowest BCUT2D eigenvalue weighted by atomic mass is 9.90. The Morgan fingerprint density at radius 1 is 1.32 bits per heavy atom. The highest BCUT2D eigenvalue weighted by Crippen LogP contribution is 2.28. The van der Waals surface area contributed by atoms with Crippen LogP contribution < -0.4 is 0 Å². The number of aromatic nitrogens is 4. The number of amides is 1. The summed E-state index contributed by atoms with van der Waals surface area (Å²) in [5.74, 6) is -0.0743. The van der Waals surface area contributed by atoms with Gasteiger partial charge in [-0.1, -0.05) is 25.0 Å². The van der Waals surface area contributed by atoms with E-state index in [-0.39, 0.29) is 30.4 Å². The molecule has 0 N–H and O–H groups in total. The molecule has 2 aliphatic rings. The molecule has 0 radical (unpaired) electrons. The summed E-state index contributed by atoms with van der Waals surface area (Å²) in [6.07, 6.45) is 4.43. The number of halogens is 1. The van der Waals surface area contributed by atoms with Crippen molar-refractivity contribution >= 4 is 5.91 Å². The first-order chi connectivity index (χ1) is 12.2. The van der Waals surface area contributed by atoms with Gasteiger partial charge >= 0.3 is 0 Å². The van der Waals surface area contributed by atoms with Gasteiger partial charge in [0.05, 0.1) is 18.8 Å². The number of fused-ring (bicyclic) bond motifs is 1. The molecule has 1 aromatic carbocycles. The predicted octanol–water partition coefficient (Wildman–Crippen LogP) is 1.65. The Morgan fingerprint density at radius 3 is 3.08 bits per heavy atom. The Bertz CT molecular complexity index is 763. The molecule has 1 aromatic heterocycles. The summed E-state index contributed by atoms with van der Waals surface area (Å²) in [7, 11) is 0. The van der Waals surface area contributed by atoms with E-state index in [0.29, 0.717) is 24.5 Å². The fourth-order valence-corrected chi connectivity index (χ4v) is 3.67. The number of hydrogen-bond donors (Lipinski definition) is 0. The van der Waals surface area contributed by atoms with E-state index in [1.165, 1.54) is 16.9 Å². The van der Waals surface area contributed by atoms with Crippen LogP contribution in [-0.4, -0.2) is 56.3 Å². The largest absolute Gasteiger partial charge is 0.374 e. The topological polar surface area (TPSA) is 73.1 Å². The zero-order chi connectivity index (χ0) is 17.2. The van der Waals surface area contributed by atoms with Crippen molar-refractivity contribution in [3.63, 3.8) is 0 Å². The van der Waals surface area contributed by atoms with E-state index < -0.39 is 0 Å².